The Kier molecular flexibility index (Phi) is 14.6. The summed E-state index contributed by atoms with van der Waals surface area (Å²) in [7, 11) is 0. The van der Waals surface area contributed by atoms with Crippen LogP contribution in [0.25, 0.3) is 0 Å². The van der Waals surface area contributed by atoms with Gasteiger partial charge in [-0.25, -0.2) is 4.57 Å². The second kappa shape index (κ2) is 12.8. The highest BCUT2D eigenvalue weighted by atomic mass is 14.9. The third-order valence-electron chi connectivity index (χ3n) is 1.14. The molecule has 0 atom stereocenters. The van der Waals surface area contributed by atoms with Crippen LogP contribution in [0.5, 0.6) is 0 Å². The van der Waals surface area contributed by atoms with Crippen molar-refractivity contribution in [3.8, 4) is 0 Å². The molecular weight excluding hydrogens is 146 g/mol. The minimum absolute atomic E-state index is 1.06. The molecule has 0 aliphatic carbocycles. The first-order chi connectivity index (χ1) is 5.93. The third kappa shape index (κ3) is 7.26. The molecule has 0 aliphatic rings. The van der Waals surface area contributed by atoms with Crippen LogP contribution in [0.4, 0.5) is 0 Å². The maximum atomic E-state index is 2.12. The first-order valence-electron chi connectivity index (χ1n) is 4.87. The average Bonchev–Trinajstić information content (AvgIpc) is 2.25. The number of pyridine rings is 1. The first kappa shape index (κ1) is 13.7. The second-order valence-electron chi connectivity index (χ2n) is 1.71. The zero-order valence-corrected chi connectivity index (χ0v) is 9.04. The number of hydrogen-bond acceptors (Lipinski definition) is 0. The van der Waals surface area contributed by atoms with Gasteiger partial charge in [0.1, 0.15) is 6.54 Å². The van der Waals surface area contributed by atoms with E-state index in [1.807, 2.05) is 45.9 Å². The molecule has 0 fully saturated rings. The van der Waals surface area contributed by atoms with Crippen LogP contribution >= 0.6 is 0 Å². The first-order valence-corrected chi connectivity index (χ1v) is 4.87. The summed E-state index contributed by atoms with van der Waals surface area (Å²) < 4.78 is 2.12. The Balaban J connectivity index is 0. The smallest absolute Gasteiger partial charge is 0.168 e. The molecule has 0 saturated carbocycles. The molecular formula is C11H22N+. The van der Waals surface area contributed by atoms with Crippen LogP contribution in [0, 0.1) is 0 Å². The van der Waals surface area contributed by atoms with E-state index >= 15 is 0 Å². The van der Waals surface area contributed by atoms with E-state index in [2.05, 4.69) is 23.9 Å². The minimum Gasteiger partial charge on any atom is -0.205 e. The fourth-order valence-corrected chi connectivity index (χ4v) is 0.645. The lowest BCUT2D eigenvalue weighted by atomic mass is 10.5. The Morgan fingerprint density at radius 3 is 1.50 bits per heavy atom. The Hall–Kier alpha value is -0.850. The van der Waals surface area contributed by atoms with Gasteiger partial charge >= 0.3 is 0 Å². The van der Waals surface area contributed by atoms with Crippen LogP contribution in [0.1, 0.15) is 34.6 Å². The zero-order valence-electron chi connectivity index (χ0n) is 9.04. The number of aromatic nitrogens is 1. The van der Waals surface area contributed by atoms with Crippen molar-refractivity contribution >= 4 is 0 Å². The molecule has 0 unspecified atom stereocenters. The lowest BCUT2D eigenvalue weighted by Crippen LogP contribution is -2.30. The SMILES string of the molecule is CC.CC.CC[n+]1ccccc1. The van der Waals surface area contributed by atoms with E-state index in [0.29, 0.717) is 0 Å². The van der Waals surface area contributed by atoms with Crippen molar-refractivity contribution in [3.63, 3.8) is 0 Å². The van der Waals surface area contributed by atoms with Gasteiger partial charge in [-0.2, -0.15) is 0 Å². The van der Waals surface area contributed by atoms with Gasteiger partial charge in [-0.3, -0.25) is 0 Å². The van der Waals surface area contributed by atoms with Gasteiger partial charge < -0.3 is 0 Å². The Morgan fingerprint density at radius 1 is 0.833 bits per heavy atom. The lowest BCUT2D eigenvalue weighted by Gasteiger charge is -1.84. The molecule has 70 valence electrons. The molecule has 1 aromatic rings. The van der Waals surface area contributed by atoms with Crippen LogP contribution in [-0.2, 0) is 6.54 Å². The molecule has 0 aromatic carbocycles. The van der Waals surface area contributed by atoms with Crippen molar-refractivity contribution < 1.29 is 4.57 Å². The van der Waals surface area contributed by atoms with Crippen LogP contribution in [0.3, 0.4) is 0 Å². The standard InChI is InChI=1S/C7H10N.2C2H6/c1-2-8-6-4-3-5-7-8;2*1-2/h3-7H,2H2,1H3;2*1-2H3/q+1;;. The van der Waals surface area contributed by atoms with Crippen molar-refractivity contribution in [2.24, 2.45) is 0 Å². The van der Waals surface area contributed by atoms with Gasteiger partial charge in [-0.15, -0.1) is 0 Å². The Labute approximate surface area is 77.1 Å². The molecule has 0 radical (unpaired) electrons. The number of rotatable bonds is 1. The van der Waals surface area contributed by atoms with E-state index in [9.17, 15) is 0 Å². The minimum atomic E-state index is 1.06. The molecule has 0 N–H and O–H groups in total. The van der Waals surface area contributed by atoms with Gasteiger partial charge in [0.25, 0.3) is 0 Å². The van der Waals surface area contributed by atoms with Gasteiger partial charge in [0.15, 0.2) is 12.4 Å². The van der Waals surface area contributed by atoms with Gasteiger partial charge in [-0.05, 0) is 6.92 Å². The molecule has 1 nitrogen and oxygen atoms in total. The second-order valence-corrected chi connectivity index (χ2v) is 1.71. The molecule has 0 saturated heterocycles. The van der Waals surface area contributed by atoms with E-state index < -0.39 is 0 Å². The fourth-order valence-electron chi connectivity index (χ4n) is 0.645. The summed E-state index contributed by atoms with van der Waals surface area (Å²) in [6.45, 7) is 11.2. The van der Waals surface area contributed by atoms with Crippen LogP contribution in [0.15, 0.2) is 30.6 Å². The largest absolute Gasteiger partial charge is 0.205 e. The summed E-state index contributed by atoms with van der Waals surface area (Å²) in [5.41, 5.74) is 0. The van der Waals surface area contributed by atoms with E-state index in [4.69, 9.17) is 0 Å². The lowest BCUT2D eigenvalue weighted by molar-refractivity contribution is -0.693. The summed E-state index contributed by atoms with van der Waals surface area (Å²) in [6.07, 6.45) is 4.11. The molecule has 1 rings (SSSR count). The highest BCUT2D eigenvalue weighted by molar-refractivity contribution is 4.83. The maximum Gasteiger partial charge on any atom is 0.168 e. The summed E-state index contributed by atoms with van der Waals surface area (Å²) in [6, 6.07) is 6.08. The molecule has 0 spiro atoms. The fraction of sp³-hybridized carbons (Fsp3) is 0.545. The molecule has 0 bridgehead atoms. The van der Waals surface area contributed by atoms with E-state index in [1.165, 1.54) is 0 Å². The molecule has 1 heterocycles. The summed E-state index contributed by atoms with van der Waals surface area (Å²) in [5, 5.41) is 0. The quantitative estimate of drug-likeness (QED) is 0.567. The van der Waals surface area contributed by atoms with Gasteiger partial charge in [0.2, 0.25) is 0 Å². The summed E-state index contributed by atoms with van der Waals surface area (Å²) in [4.78, 5) is 0. The summed E-state index contributed by atoms with van der Waals surface area (Å²) >= 11 is 0. The molecule has 12 heavy (non-hydrogen) atoms. The highest BCUT2D eigenvalue weighted by Gasteiger charge is 1.86. The average molecular weight is 168 g/mol. The van der Waals surface area contributed by atoms with E-state index in [0.717, 1.165) is 6.54 Å². The number of hydrogen-bond donors (Lipinski definition) is 0. The van der Waals surface area contributed by atoms with Crippen molar-refractivity contribution in [2.75, 3.05) is 0 Å². The Bertz CT molecular complexity index is 146. The van der Waals surface area contributed by atoms with Gasteiger partial charge in [0, 0.05) is 12.1 Å². The van der Waals surface area contributed by atoms with E-state index in [1.54, 1.807) is 0 Å². The number of nitrogens with zero attached hydrogens (tertiary/aromatic N) is 1. The molecule has 0 amide bonds. The molecule has 0 aliphatic heterocycles. The van der Waals surface area contributed by atoms with Crippen LogP contribution in [-0.4, -0.2) is 0 Å². The van der Waals surface area contributed by atoms with Crippen molar-refractivity contribution in [1.82, 2.24) is 0 Å². The zero-order chi connectivity index (χ0) is 9.82. The predicted octanol–water partition coefficient (Wildman–Crippen LogP) is 3.05. The van der Waals surface area contributed by atoms with Crippen molar-refractivity contribution in [3.05, 3.63) is 30.6 Å². The monoisotopic (exact) mass is 168 g/mol. The predicted molar refractivity (Wildman–Crippen MR) is 55.0 cm³/mol. The number of aryl methyl sites for hydroxylation is 1. The van der Waals surface area contributed by atoms with Crippen molar-refractivity contribution in [2.45, 2.75) is 41.2 Å². The Morgan fingerprint density at radius 2 is 1.25 bits per heavy atom. The highest BCUT2D eigenvalue weighted by Crippen LogP contribution is 1.74. The molecule has 1 aromatic heterocycles. The van der Waals surface area contributed by atoms with Crippen LogP contribution in [0.2, 0.25) is 0 Å². The van der Waals surface area contributed by atoms with Crippen molar-refractivity contribution in [1.29, 1.82) is 0 Å². The maximum absolute atomic E-state index is 2.12. The molecule has 1 heteroatoms. The van der Waals surface area contributed by atoms with Crippen LogP contribution < -0.4 is 4.57 Å². The van der Waals surface area contributed by atoms with Gasteiger partial charge in [0.05, 0.1) is 0 Å². The topological polar surface area (TPSA) is 3.88 Å². The summed E-state index contributed by atoms with van der Waals surface area (Å²) in [5.74, 6) is 0. The third-order valence-corrected chi connectivity index (χ3v) is 1.14. The normalized spacial score (nSPS) is 7.08. The van der Waals surface area contributed by atoms with Gasteiger partial charge in [-0.1, -0.05) is 33.8 Å². The van der Waals surface area contributed by atoms with E-state index in [-0.39, 0.29) is 0 Å².